The predicted octanol–water partition coefficient (Wildman–Crippen LogP) is 6.19. The first kappa shape index (κ1) is 20.8. The van der Waals surface area contributed by atoms with E-state index in [0.29, 0.717) is 12.5 Å². The van der Waals surface area contributed by atoms with Crippen molar-refractivity contribution in [2.75, 3.05) is 0 Å². The molecule has 0 aliphatic heterocycles. The average Bonchev–Trinajstić information content (AvgIpc) is 3.44. The molecule has 1 aliphatic carbocycles. The molecule has 0 amide bonds. The van der Waals surface area contributed by atoms with Crippen LogP contribution in [0.2, 0.25) is 0 Å². The number of alkyl halides is 3. The molecule has 2 aromatic carbocycles. The van der Waals surface area contributed by atoms with Gasteiger partial charge in [0.2, 0.25) is 0 Å². The van der Waals surface area contributed by atoms with Gasteiger partial charge in [0, 0.05) is 29.1 Å². The van der Waals surface area contributed by atoms with Gasteiger partial charge < -0.3 is 14.4 Å². The van der Waals surface area contributed by atoms with E-state index < -0.39 is 12.3 Å². The summed E-state index contributed by atoms with van der Waals surface area (Å²) in [5.74, 6) is -1.22. The third-order valence-corrected chi connectivity index (χ3v) is 4.62. The van der Waals surface area contributed by atoms with Crippen molar-refractivity contribution >= 4 is 16.9 Å². The Morgan fingerprint density at radius 1 is 1.10 bits per heavy atom. The van der Waals surface area contributed by atoms with Crippen LogP contribution in [-0.4, -0.2) is 22.0 Å². The van der Waals surface area contributed by atoms with Crippen LogP contribution < -0.4 is 4.74 Å². The summed E-state index contributed by atoms with van der Waals surface area (Å²) in [6, 6.07) is 13.2. The molecule has 4 rings (SSSR count). The highest BCUT2D eigenvalue weighted by molar-refractivity contribution is 5.94. The summed E-state index contributed by atoms with van der Waals surface area (Å²) in [7, 11) is 0. The van der Waals surface area contributed by atoms with E-state index in [4.69, 9.17) is 0 Å². The van der Waals surface area contributed by atoms with E-state index in [2.05, 4.69) is 9.30 Å². The van der Waals surface area contributed by atoms with Crippen molar-refractivity contribution in [3.63, 3.8) is 0 Å². The van der Waals surface area contributed by atoms with Gasteiger partial charge in [-0.15, -0.1) is 13.2 Å². The predicted molar refractivity (Wildman–Crippen MR) is 104 cm³/mol. The maximum Gasteiger partial charge on any atom is 0.573 e. The zero-order valence-corrected chi connectivity index (χ0v) is 16.2. The largest absolute Gasteiger partial charge is 0.573 e. The minimum atomic E-state index is -4.71. The molecule has 1 heterocycles. The van der Waals surface area contributed by atoms with Gasteiger partial charge in [0.1, 0.15) is 5.75 Å². The van der Waals surface area contributed by atoms with Gasteiger partial charge in [-0.2, -0.15) is 0 Å². The Balaban J connectivity index is 0.00000117. The molecule has 1 N–H and O–H groups in total. The van der Waals surface area contributed by atoms with Crippen LogP contribution in [0.1, 0.15) is 54.3 Å². The molecule has 0 bridgehead atoms. The lowest BCUT2D eigenvalue weighted by Gasteiger charge is -2.11. The molecule has 1 aliphatic rings. The van der Waals surface area contributed by atoms with Crippen molar-refractivity contribution in [3.8, 4) is 5.75 Å². The van der Waals surface area contributed by atoms with Gasteiger partial charge in [-0.1, -0.05) is 26.0 Å². The lowest BCUT2D eigenvalue weighted by Crippen LogP contribution is -2.17. The number of nitrogens with zero attached hydrogens (tertiary/aromatic N) is 1. The van der Waals surface area contributed by atoms with E-state index in [1.54, 1.807) is 24.3 Å². The molecule has 7 heteroatoms. The van der Waals surface area contributed by atoms with E-state index in [1.807, 2.05) is 26.0 Å². The Bertz CT molecular complexity index is 1000. The summed E-state index contributed by atoms with van der Waals surface area (Å²) >= 11 is 0. The normalized spacial score (nSPS) is 13.7. The number of hydrogen-bond donors (Lipinski definition) is 1. The van der Waals surface area contributed by atoms with Crippen molar-refractivity contribution in [1.82, 2.24) is 4.57 Å². The van der Waals surface area contributed by atoms with Crippen LogP contribution in [0.5, 0.6) is 5.75 Å². The quantitative estimate of drug-likeness (QED) is 0.551. The molecule has 154 valence electrons. The first-order valence-corrected chi connectivity index (χ1v) is 9.52. The van der Waals surface area contributed by atoms with Crippen molar-refractivity contribution < 1.29 is 27.8 Å². The van der Waals surface area contributed by atoms with Crippen LogP contribution in [0.3, 0.4) is 0 Å². The first-order chi connectivity index (χ1) is 13.8. The number of hydrogen-bond acceptors (Lipinski definition) is 2. The van der Waals surface area contributed by atoms with Crippen LogP contribution in [0.25, 0.3) is 10.9 Å². The fourth-order valence-corrected chi connectivity index (χ4v) is 3.34. The van der Waals surface area contributed by atoms with Crippen molar-refractivity contribution in [2.45, 2.75) is 45.5 Å². The van der Waals surface area contributed by atoms with Gasteiger partial charge in [0.05, 0.1) is 5.56 Å². The Kier molecular flexibility index (Phi) is 5.86. The number of carbonyl (C=O) groups is 1. The lowest BCUT2D eigenvalue weighted by molar-refractivity contribution is -0.274. The molecule has 0 spiro atoms. The third-order valence-electron chi connectivity index (χ3n) is 4.62. The van der Waals surface area contributed by atoms with E-state index in [9.17, 15) is 23.1 Å². The maximum atomic E-state index is 12.3. The van der Waals surface area contributed by atoms with Crippen molar-refractivity contribution in [2.24, 2.45) is 0 Å². The minimum absolute atomic E-state index is 0.232. The zero-order chi connectivity index (χ0) is 21.2. The van der Waals surface area contributed by atoms with Crippen molar-refractivity contribution in [3.05, 3.63) is 65.4 Å². The van der Waals surface area contributed by atoms with Crippen LogP contribution in [0, 0.1) is 0 Å². The Morgan fingerprint density at radius 3 is 2.31 bits per heavy atom. The molecule has 29 heavy (non-hydrogen) atoms. The summed E-state index contributed by atoms with van der Waals surface area (Å²) in [6.07, 6.45) is -2.03. The number of aromatic nitrogens is 1. The summed E-state index contributed by atoms with van der Waals surface area (Å²) in [4.78, 5) is 11.2. The van der Waals surface area contributed by atoms with E-state index >= 15 is 0 Å². The van der Waals surface area contributed by atoms with Gasteiger partial charge in [-0.25, -0.2) is 4.79 Å². The number of carboxylic acids is 1. The number of rotatable bonds is 5. The molecular weight excluding hydrogens is 383 g/mol. The number of benzene rings is 2. The van der Waals surface area contributed by atoms with Crippen LogP contribution in [0.15, 0.2) is 48.5 Å². The smallest absolute Gasteiger partial charge is 0.478 e. The Labute approximate surface area is 166 Å². The molecule has 0 unspecified atom stereocenters. The van der Waals surface area contributed by atoms with E-state index in [-0.39, 0.29) is 11.3 Å². The molecule has 1 fully saturated rings. The van der Waals surface area contributed by atoms with Gasteiger partial charge >= 0.3 is 12.3 Å². The topological polar surface area (TPSA) is 51.5 Å². The second-order valence-corrected chi connectivity index (χ2v) is 6.68. The van der Waals surface area contributed by atoms with Gasteiger partial charge in [-0.05, 0) is 54.8 Å². The van der Waals surface area contributed by atoms with Gasteiger partial charge in [0.15, 0.2) is 0 Å². The second-order valence-electron chi connectivity index (χ2n) is 6.68. The first-order valence-electron chi connectivity index (χ1n) is 9.52. The van der Waals surface area contributed by atoms with Gasteiger partial charge in [-0.3, -0.25) is 0 Å². The Hall–Kier alpha value is -2.96. The maximum absolute atomic E-state index is 12.3. The van der Waals surface area contributed by atoms with E-state index in [0.717, 1.165) is 35.0 Å². The summed E-state index contributed by atoms with van der Waals surface area (Å²) in [5.41, 5.74) is 3.08. The molecule has 0 saturated heterocycles. The Morgan fingerprint density at radius 2 is 1.76 bits per heavy atom. The monoisotopic (exact) mass is 405 g/mol. The second kappa shape index (κ2) is 8.19. The molecule has 0 atom stereocenters. The van der Waals surface area contributed by atoms with Crippen LogP contribution in [0.4, 0.5) is 13.2 Å². The average molecular weight is 405 g/mol. The number of carboxylic acid groups (broad SMARTS) is 1. The molecule has 1 aromatic heterocycles. The molecule has 3 aromatic rings. The number of fused-ring (bicyclic) bond motifs is 1. The van der Waals surface area contributed by atoms with Gasteiger partial charge in [0.25, 0.3) is 0 Å². The number of aromatic carboxylic acids is 1. The fourth-order valence-electron chi connectivity index (χ4n) is 3.34. The third kappa shape index (κ3) is 4.91. The summed E-state index contributed by atoms with van der Waals surface area (Å²) in [6.45, 7) is 4.00. The highest BCUT2D eigenvalue weighted by Crippen LogP contribution is 2.40. The molecule has 1 saturated carbocycles. The lowest BCUT2D eigenvalue weighted by atomic mass is 10.1. The van der Waals surface area contributed by atoms with Crippen molar-refractivity contribution in [1.29, 1.82) is 0 Å². The summed E-state index contributed by atoms with van der Waals surface area (Å²) < 4.78 is 42.9. The summed E-state index contributed by atoms with van der Waals surface area (Å²) in [5, 5.41) is 10.0. The van der Waals surface area contributed by atoms with Crippen LogP contribution in [-0.2, 0) is 6.42 Å². The van der Waals surface area contributed by atoms with E-state index in [1.165, 1.54) is 12.1 Å². The zero-order valence-electron chi connectivity index (χ0n) is 16.2. The number of halogens is 3. The molecule has 0 radical (unpaired) electrons. The molecular formula is C22H22F3NO3. The van der Waals surface area contributed by atoms with Crippen LogP contribution >= 0.6 is 0 Å². The highest BCUT2D eigenvalue weighted by atomic mass is 19.4. The number of ether oxygens (including phenoxy) is 1. The highest BCUT2D eigenvalue weighted by Gasteiger charge is 2.31. The standard InChI is InChI=1S/C20H16F3NO3.C2H6/c21-20(22,23)27-17-6-1-12(2-7-17)9-16-11-14-10-13(19(25)26)3-8-18(14)24(16)15-4-5-15;1-2/h1-3,6-8,10-11,15H,4-5,9H2,(H,25,26);1-2H3. The fraction of sp³-hybridized carbons (Fsp3) is 0.318. The molecule has 4 nitrogen and oxygen atoms in total. The SMILES string of the molecule is CC.O=C(O)c1ccc2c(c1)cc(Cc1ccc(OC(F)(F)F)cc1)n2C1CC1. The minimum Gasteiger partial charge on any atom is -0.478 e.